The van der Waals surface area contributed by atoms with Gasteiger partial charge in [0.1, 0.15) is 11.6 Å². The molecule has 0 amide bonds. The fourth-order valence-electron chi connectivity index (χ4n) is 2.00. The summed E-state index contributed by atoms with van der Waals surface area (Å²) in [5, 5.41) is 7.21. The molecule has 2 N–H and O–H groups in total. The monoisotopic (exact) mass is 288 g/mol. The van der Waals surface area contributed by atoms with Crippen molar-refractivity contribution in [1.82, 2.24) is 9.97 Å². The van der Waals surface area contributed by atoms with E-state index in [2.05, 4.69) is 51.8 Å². The summed E-state index contributed by atoms with van der Waals surface area (Å²) >= 11 is 1.54. The Morgan fingerprint density at radius 2 is 1.80 bits per heavy atom. The van der Waals surface area contributed by atoms with Crippen LogP contribution in [0.15, 0.2) is 35.5 Å². The van der Waals surface area contributed by atoms with Crippen LogP contribution in [-0.4, -0.2) is 23.3 Å². The summed E-state index contributed by atoms with van der Waals surface area (Å²) in [7, 11) is 1.86. The summed E-state index contributed by atoms with van der Waals surface area (Å²) in [6.07, 6.45) is 3.02. The van der Waals surface area contributed by atoms with Crippen LogP contribution in [0.3, 0.4) is 0 Å². The van der Waals surface area contributed by atoms with Crippen LogP contribution in [0.5, 0.6) is 0 Å². The maximum atomic E-state index is 4.47. The predicted octanol–water partition coefficient (Wildman–Crippen LogP) is 3.41. The van der Waals surface area contributed by atoms with Crippen LogP contribution in [0.25, 0.3) is 0 Å². The average Bonchev–Trinajstić information content (AvgIpc) is 2.52. The van der Waals surface area contributed by atoms with Gasteiger partial charge in [-0.1, -0.05) is 43.0 Å². The number of aryl methyl sites for hydroxylation is 1. The Morgan fingerprint density at radius 3 is 2.45 bits per heavy atom. The van der Waals surface area contributed by atoms with Crippen LogP contribution in [0.1, 0.15) is 18.1 Å². The van der Waals surface area contributed by atoms with E-state index in [1.165, 1.54) is 22.9 Å². The van der Waals surface area contributed by atoms with E-state index < -0.39 is 0 Å². The number of nitrogens with zero attached hydrogens (tertiary/aromatic N) is 2. The Morgan fingerprint density at radius 1 is 1.10 bits per heavy atom. The first-order valence-corrected chi connectivity index (χ1v) is 7.90. The molecule has 0 atom stereocenters. The van der Waals surface area contributed by atoms with Crippen LogP contribution >= 0.6 is 11.8 Å². The number of benzene rings is 1. The molecule has 1 aromatic heterocycles. The number of rotatable bonds is 6. The molecule has 0 bridgehead atoms. The third-order valence-corrected chi connectivity index (χ3v) is 3.65. The lowest BCUT2D eigenvalue weighted by Crippen LogP contribution is -2.06. The van der Waals surface area contributed by atoms with Gasteiger partial charge < -0.3 is 10.6 Å². The Bertz CT molecular complexity index is 549. The summed E-state index contributed by atoms with van der Waals surface area (Å²) in [6, 6.07) is 10.4. The Labute approximate surface area is 124 Å². The van der Waals surface area contributed by atoms with E-state index in [-0.39, 0.29) is 0 Å². The van der Waals surface area contributed by atoms with Gasteiger partial charge >= 0.3 is 0 Å². The highest BCUT2D eigenvalue weighted by Gasteiger charge is 2.04. The summed E-state index contributed by atoms with van der Waals surface area (Å²) in [5.41, 5.74) is 2.68. The smallest absolute Gasteiger partial charge is 0.191 e. The van der Waals surface area contributed by atoms with Crippen LogP contribution in [0.2, 0.25) is 0 Å². The van der Waals surface area contributed by atoms with Gasteiger partial charge in [0.25, 0.3) is 0 Å². The van der Waals surface area contributed by atoms with Crippen LogP contribution < -0.4 is 10.6 Å². The zero-order valence-corrected chi connectivity index (χ0v) is 12.9. The molecule has 0 fully saturated rings. The van der Waals surface area contributed by atoms with Crippen LogP contribution in [0.4, 0.5) is 11.6 Å². The van der Waals surface area contributed by atoms with E-state index in [0.29, 0.717) is 0 Å². The third kappa shape index (κ3) is 3.63. The number of thioether (sulfide) groups is 1. The molecule has 2 aromatic rings. The molecule has 0 saturated heterocycles. The Kier molecular flexibility index (Phi) is 5.24. The van der Waals surface area contributed by atoms with E-state index in [1.54, 1.807) is 0 Å². The molecular formula is C15H20N4S. The lowest BCUT2D eigenvalue weighted by Gasteiger charge is -2.11. The molecule has 0 unspecified atom stereocenters. The fraction of sp³-hybridized carbons (Fsp3) is 0.333. The van der Waals surface area contributed by atoms with Crippen molar-refractivity contribution in [3.63, 3.8) is 0 Å². The molecule has 4 nitrogen and oxygen atoms in total. The van der Waals surface area contributed by atoms with Crippen molar-refractivity contribution in [3.05, 3.63) is 41.5 Å². The van der Waals surface area contributed by atoms with Gasteiger partial charge in [-0.3, -0.25) is 0 Å². The van der Waals surface area contributed by atoms with Crippen LogP contribution in [-0.2, 0) is 13.0 Å². The largest absolute Gasteiger partial charge is 0.373 e. The summed E-state index contributed by atoms with van der Waals surface area (Å²) < 4.78 is 0. The molecule has 0 saturated carbocycles. The lowest BCUT2D eigenvalue weighted by atomic mass is 10.1. The van der Waals surface area contributed by atoms with E-state index in [1.807, 2.05) is 19.4 Å². The molecule has 0 spiro atoms. The highest BCUT2D eigenvalue weighted by Crippen LogP contribution is 2.18. The first-order valence-electron chi connectivity index (χ1n) is 6.68. The quantitative estimate of drug-likeness (QED) is 0.630. The average molecular weight is 288 g/mol. The van der Waals surface area contributed by atoms with Crippen molar-refractivity contribution >= 4 is 23.4 Å². The first-order chi connectivity index (χ1) is 9.76. The van der Waals surface area contributed by atoms with Crippen molar-refractivity contribution in [2.24, 2.45) is 0 Å². The second kappa shape index (κ2) is 7.14. The molecule has 0 radical (unpaired) electrons. The third-order valence-electron chi connectivity index (χ3n) is 3.10. The van der Waals surface area contributed by atoms with Crippen molar-refractivity contribution < 1.29 is 0 Å². The predicted molar refractivity (Wildman–Crippen MR) is 86.5 cm³/mol. The zero-order chi connectivity index (χ0) is 14.4. The summed E-state index contributed by atoms with van der Waals surface area (Å²) in [6.45, 7) is 2.95. The Balaban J connectivity index is 2.14. The minimum absolute atomic E-state index is 0.767. The van der Waals surface area contributed by atoms with Gasteiger partial charge in [0.15, 0.2) is 5.16 Å². The van der Waals surface area contributed by atoms with Crippen molar-refractivity contribution in [3.8, 4) is 0 Å². The van der Waals surface area contributed by atoms with Crippen LogP contribution in [0, 0.1) is 0 Å². The minimum Gasteiger partial charge on any atom is -0.373 e. The Hall–Kier alpha value is -1.75. The number of aromatic nitrogens is 2. The van der Waals surface area contributed by atoms with Gasteiger partial charge in [-0.15, -0.1) is 0 Å². The van der Waals surface area contributed by atoms with Gasteiger partial charge in [0.05, 0.1) is 0 Å². The maximum Gasteiger partial charge on any atom is 0.191 e. The molecule has 5 heteroatoms. The molecule has 20 heavy (non-hydrogen) atoms. The fourth-order valence-corrected chi connectivity index (χ4v) is 2.37. The highest BCUT2D eigenvalue weighted by molar-refractivity contribution is 7.98. The number of anilines is 2. The van der Waals surface area contributed by atoms with E-state index >= 15 is 0 Å². The summed E-state index contributed by atoms with van der Waals surface area (Å²) in [5.74, 6) is 1.68. The molecule has 0 aliphatic heterocycles. The van der Waals surface area contributed by atoms with E-state index in [9.17, 15) is 0 Å². The van der Waals surface area contributed by atoms with Gasteiger partial charge in [0, 0.05) is 19.7 Å². The second-order valence-electron chi connectivity index (χ2n) is 4.35. The maximum absolute atomic E-state index is 4.47. The van der Waals surface area contributed by atoms with Crippen molar-refractivity contribution in [1.29, 1.82) is 0 Å². The van der Waals surface area contributed by atoms with Gasteiger partial charge in [-0.05, 0) is 23.8 Å². The van der Waals surface area contributed by atoms with Crippen molar-refractivity contribution in [2.75, 3.05) is 23.9 Å². The summed E-state index contributed by atoms with van der Waals surface area (Å²) in [4.78, 5) is 8.83. The molecule has 0 aliphatic rings. The molecule has 0 aliphatic carbocycles. The SMILES string of the molecule is CCc1ccccc1CNc1cc(NC)nc(SC)n1. The van der Waals surface area contributed by atoms with E-state index in [0.717, 1.165) is 29.8 Å². The molecule has 106 valence electrons. The van der Waals surface area contributed by atoms with Crippen molar-refractivity contribution in [2.45, 2.75) is 25.0 Å². The minimum atomic E-state index is 0.767. The number of hydrogen-bond donors (Lipinski definition) is 2. The van der Waals surface area contributed by atoms with Gasteiger partial charge in [-0.2, -0.15) is 0 Å². The van der Waals surface area contributed by atoms with Gasteiger partial charge in [0.2, 0.25) is 0 Å². The number of hydrogen-bond acceptors (Lipinski definition) is 5. The molecule has 2 rings (SSSR count). The number of nitrogens with one attached hydrogen (secondary N) is 2. The van der Waals surface area contributed by atoms with Gasteiger partial charge in [-0.25, -0.2) is 9.97 Å². The standard InChI is InChI=1S/C15H20N4S/c1-4-11-7-5-6-8-12(11)10-17-14-9-13(16-2)18-15(19-14)20-3/h5-9H,4,10H2,1-3H3,(H2,16,17,18,19). The zero-order valence-electron chi connectivity index (χ0n) is 12.1. The van der Waals surface area contributed by atoms with E-state index in [4.69, 9.17) is 0 Å². The highest BCUT2D eigenvalue weighted by atomic mass is 32.2. The first kappa shape index (κ1) is 14.7. The normalized spacial score (nSPS) is 10.3. The topological polar surface area (TPSA) is 49.8 Å². The molecule has 1 heterocycles. The molecular weight excluding hydrogens is 268 g/mol. The second-order valence-corrected chi connectivity index (χ2v) is 5.12. The molecule has 1 aromatic carbocycles. The lowest BCUT2D eigenvalue weighted by molar-refractivity contribution is 0.952.